The first-order chi connectivity index (χ1) is 11.7. The van der Waals surface area contributed by atoms with Crippen LogP contribution in [0.25, 0.3) is 10.9 Å². The molecule has 0 fully saturated rings. The van der Waals surface area contributed by atoms with Crippen molar-refractivity contribution in [2.75, 3.05) is 0 Å². The van der Waals surface area contributed by atoms with E-state index in [1.165, 1.54) is 12.1 Å². The van der Waals surface area contributed by atoms with Crippen molar-refractivity contribution in [1.29, 1.82) is 0 Å². The van der Waals surface area contributed by atoms with Gasteiger partial charge in [0.15, 0.2) is 5.78 Å². The van der Waals surface area contributed by atoms with E-state index < -0.39 is 12.1 Å². The zero-order valence-corrected chi connectivity index (χ0v) is 14.3. The number of H-pyrrole nitrogens is 1. The number of aromatic nitrogens is 1. The molecule has 1 unspecified atom stereocenters. The van der Waals surface area contributed by atoms with E-state index >= 15 is 0 Å². The average molecular weight is 366 g/mol. The molecule has 1 aromatic heterocycles. The normalized spacial score (nSPS) is 13.2. The van der Waals surface area contributed by atoms with Crippen LogP contribution in [0.4, 0.5) is 13.2 Å². The second kappa shape index (κ2) is 6.23. The Morgan fingerprint density at radius 3 is 2.36 bits per heavy atom. The molecule has 0 aliphatic carbocycles. The smallest absolute Gasteiger partial charge is 0.358 e. The van der Waals surface area contributed by atoms with Gasteiger partial charge in [0, 0.05) is 27.2 Å². The van der Waals surface area contributed by atoms with E-state index in [1.807, 2.05) is 0 Å². The first kappa shape index (κ1) is 17.5. The maximum atomic E-state index is 12.9. The van der Waals surface area contributed by atoms with Gasteiger partial charge in [0.1, 0.15) is 0 Å². The number of hydrogen-bond acceptors (Lipinski definition) is 1. The molecule has 0 aliphatic heterocycles. The van der Waals surface area contributed by atoms with E-state index in [0.717, 1.165) is 6.92 Å². The molecule has 0 saturated heterocycles. The number of ketones is 1. The molecule has 2 aromatic carbocycles. The summed E-state index contributed by atoms with van der Waals surface area (Å²) in [7, 11) is 0. The molecule has 3 aromatic rings. The van der Waals surface area contributed by atoms with Crippen molar-refractivity contribution < 1.29 is 18.0 Å². The van der Waals surface area contributed by atoms with Crippen LogP contribution >= 0.6 is 11.6 Å². The van der Waals surface area contributed by atoms with Gasteiger partial charge in [0.05, 0.1) is 11.5 Å². The molecule has 0 saturated carbocycles. The van der Waals surface area contributed by atoms with Crippen LogP contribution in [0.15, 0.2) is 42.5 Å². The van der Waals surface area contributed by atoms with E-state index in [0.29, 0.717) is 32.7 Å². The highest BCUT2D eigenvalue weighted by Crippen LogP contribution is 2.36. The molecule has 6 heteroatoms. The molecule has 25 heavy (non-hydrogen) atoms. The standard InChI is InChI=1S/C19H15ClF3NO/c1-10(19(21,22)23)13-5-8-15-16(9-13)24-11(2)17(15)18(25)12-3-6-14(20)7-4-12/h3-10,24H,1-2H3. The van der Waals surface area contributed by atoms with Gasteiger partial charge in [-0.05, 0) is 49.7 Å². The minimum absolute atomic E-state index is 0.159. The Morgan fingerprint density at radius 1 is 1.12 bits per heavy atom. The third-order valence-corrected chi connectivity index (χ3v) is 4.59. The van der Waals surface area contributed by atoms with Gasteiger partial charge >= 0.3 is 6.18 Å². The quantitative estimate of drug-likeness (QED) is 0.565. The molecule has 0 spiro atoms. The molecule has 130 valence electrons. The van der Waals surface area contributed by atoms with Crippen molar-refractivity contribution in [3.05, 3.63) is 69.9 Å². The van der Waals surface area contributed by atoms with Gasteiger partial charge in [-0.15, -0.1) is 0 Å². The minimum Gasteiger partial charge on any atom is -0.358 e. The third-order valence-electron chi connectivity index (χ3n) is 4.33. The Morgan fingerprint density at radius 2 is 1.76 bits per heavy atom. The monoisotopic (exact) mass is 365 g/mol. The number of aryl methyl sites for hydroxylation is 1. The van der Waals surface area contributed by atoms with Crippen molar-refractivity contribution in [1.82, 2.24) is 4.98 Å². The summed E-state index contributed by atoms with van der Waals surface area (Å²) in [5.41, 5.74) is 2.23. The number of fused-ring (bicyclic) bond motifs is 1. The SMILES string of the molecule is Cc1[nH]c2cc(C(C)C(F)(F)F)ccc2c1C(=O)c1ccc(Cl)cc1. The summed E-state index contributed by atoms with van der Waals surface area (Å²) in [4.78, 5) is 15.8. The molecule has 1 heterocycles. The first-order valence-corrected chi connectivity index (χ1v) is 8.05. The van der Waals surface area contributed by atoms with Crippen LogP contribution in [-0.4, -0.2) is 16.9 Å². The Balaban J connectivity index is 2.07. The van der Waals surface area contributed by atoms with Gasteiger partial charge in [-0.1, -0.05) is 23.7 Å². The van der Waals surface area contributed by atoms with E-state index in [1.54, 1.807) is 37.3 Å². The van der Waals surface area contributed by atoms with Crippen LogP contribution in [0.3, 0.4) is 0 Å². The molecule has 0 amide bonds. The van der Waals surface area contributed by atoms with E-state index in [9.17, 15) is 18.0 Å². The van der Waals surface area contributed by atoms with Gasteiger partial charge in [-0.2, -0.15) is 13.2 Å². The van der Waals surface area contributed by atoms with Crippen molar-refractivity contribution in [2.45, 2.75) is 25.9 Å². The predicted octanol–water partition coefficient (Wildman–Crippen LogP) is 6.03. The van der Waals surface area contributed by atoms with Gasteiger partial charge in [0.25, 0.3) is 0 Å². The van der Waals surface area contributed by atoms with Gasteiger partial charge < -0.3 is 4.98 Å². The highest BCUT2D eigenvalue weighted by molar-refractivity contribution is 6.30. The highest BCUT2D eigenvalue weighted by Gasteiger charge is 2.37. The second-order valence-corrected chi connectivity index (χ2v) is 6.47. The average Bonchev–Trinajstić information content (AvgIpc) is 2.88. The lowest BCUT2D eigenvalue weighted by molar-refractivity contribution is -0.146. The van der Waals surface area contributed by atoms with Gasteiger partial charge in [-0.3, -0.25) is 4.79 Å². The molecule has 0 aliphatic rings. The molecule has 0 bridgehead atoms. The number of benzene rings is 2. The maximum Gasteiger partial charge on any atom is 0.395 e. The zero-order chi connectivity index (χ0) is 18.4. The number of carbonyl (C=O) groups excluding carboxylic acids is 1. The number of carbonyl (C=O) groups is 1. The van der Waals surface area contributed by atoms with Crippen LogP contribution < -0.4 is 0 Å². The van der Waals surface area contributed by atoms with Crippen molar-refractivity contribution in [3.63, 3.8) is 0 Å². The number of hydrogen-bond donors (Lipinski definition) is 1. The lowest BCUT2D eigenvalue weighted by Crippen LogP contribution is -2.17. The number of rotatable bonds is 3. The Hall–Kier alpha value is -2.27. The number of halogens is 4. The minimum atomic E-state index is -4.31. The van der Waals surface area contributed by atoms with Crippen LogP contribution in [0, 0.1) is 6.92 Å². The third kappa shape index (κ3) is 3.29. The van der Waals surface area contributed by atoms with E-state index in [2.05, 4.69) is 4.98 Å². The van der Waals surface area contributed by atoms with Crippen LogP contribution in [-0.2, 0) is 0 Å². The fourth-order valence-corrected chi connectivity index (χ4v) is 2.97. The maximum absolute atomic E-state index is 12.9. The summed E-state index contributed by atoms with van der Waals surface area (Å²) in [6.45, 7) is 2.85. The van der Waals surface area contributed by atoms with Crippen LogP contribution in [0.1, 0.15) is 40.0 Å². The fourth-order valence-electron chi connectivity index (χ4n) is 2.85. The highest BCUT2D eigenvalue weighted by atomic mass is 35.5. The Labute approximate surface area is 147 Å². The van der Waals surface area contributed by atoms with Gasteiger partial charge in [-0.25, -0.2) is 0 Å². The topological polar surface area (TPSA) is 32.9 Å². The molecule has 0 radical (unpaired) electrons. The van der Waals surface area contributed by atoms with Crippen molar-refractivity contribution in [3.8, 4) is 0 Å². The van der Waals surface area contributed by atoms with Gasteiger partial charge in [0.2, 0.25) is 0 Å². The summed E-state index contributed by atoms with van der Waals surface area (Å²) in [6, 6.07) is 11.0. The Kier molecular flexibility index (Phi) is 4.37. The largest absolute Gasteiger partial charge is 0.395 e. The predicted molar refractivity (Wildman–Crippen MR) is 92.4 cm³/mol. The molecular formula is C19H15ClF3NO. The molecular weight excluding hydrogens is 351 g/mol. The second-order valence-electron chi connectivity index (χ2n) is 6.03. The molecule has 3 rings (SSSR count). The van der Waals surface area contributed by atoms with Crippen molar-refractivity contribution >= 4 is 28.3 Å². The Bertz CT molecular complexity index is 942. The first-order valence-electron chi connectivity index (χ1n) is 7.67. The lowest BCUT2D eigenvalue weighted by Gasteiger charge is -2.15. The van der Waals surface area contributed by atoms with Crippen molar-refractivity contribution in [2.24, 2.45) is 0 Å². The van der Waals surface area contributed by atoms with E-state index in [-0.39, 0.29) is 11.3 Å². The molecule has 1 N–H and O–H groups in total. The number of alkyl halides is 3. The fraction of sp³-hybridized carbons (Fsp3) is 0.211. The zero-order valence-electron chi connectivity index (χ0n) is 13.5. The summed E-state index contributed by atoms with van der Waals surface area (Å²) in [5, 5.41) is 1.13. The number of aromatic amines is 1. The summed E-state index contributed by atoms with van der Waals surface area (Å²) >= 11 is 5.84. The lowest BCUT2D eigenvalue weighted by atomic mass is 9.96. The summed E-state index contributed by atoms with van der Waals surface area (Å²) in [6.07, 6.45) is -4.31. The molecule has 1 atom stereocenters. The van der Waals surface area contributed by atoms with Crippen LogP contribution in [0.2, 0.25) is 5.02 Å². The van der Waals surface area contributed by atoms with Crippen LogP contribution in [0.5, 0.6) is 0 Å². The number of nitrogens with one attached hydrogen (secondary N) is 1. The van der Waals surface area contributed by atoms with E-state index in [4.69, 9.17) is 11.6 Å². The summed E-state index contributed by atoms with van der Waals surface area (Å²) < 4.78 is 38.8. The molecule has 2 nitrogen and oxygen atoms in total. The summed E-state index contributed by atoms with van der Waals surface area (Å²) in [5.74, 6) is -1.77.